The molecule has 32 heavy (non-hydrogen) atoms. The average Bonchev–Trinajstić information content (AvgIpc) is 3.26. The fraction of sp³-hybridized carbons (Fsp3) is 0. The normalized spacial score (nSPS) is 10.8. The van der Waals surface area contributed by atoms with Crippen LogP contribution in [0.5, 0.6) is 0 Å². The zero-order valence-electron chi connectivity index (χ0n) is 17.3. The highest BCUT2D eigenvalue weighted by Gasteiger charge is 2.25. The summed E-state index contributed by atoms with van der Waals surface area (Å²) in [5.41, 5.74) is 5.82. The summed E-state index contributed by atoms with van der Waals surface area (Å²) >= 11 is 0. The molecule has 1 aromatic heterocycles. The highest BCUT2D eigenvalue weighted by molar-refractivity contribution is 6.60. The Hall–Kier alpha value is -3.93. The second-order valence-corrected chi connectivity index (χ2v) is 7.50. The Morgan fingerprint density at radius 3 is 1.75 bits per heavy atom. The van der Waals surface area contributed by atoms with Crippen molar-refractivity contribution < 1.29 is 10.0 Å². The van der Waals surface area contributed by atoms with Crippen molar-refractivity contribution in [3.63, 3.8) is 0 Å². The summed E-state index contributed by atoms with van der Waals surface area (Å²) in [6.45, 7) is 0. The third-order valence-electron chi connectivity index (χ3n) is 5.47. The van der Waals surface area contributed by atoms with E-state index in [1.54, 1.807) is 12.1 Å². The Morgan fingerprint density at radius 2 is 1.12 bits per heavy atom. The van der Waals surface area contributed by atoms with Crippen LogP contribution in [-0.2, 0) is 0 Å². The minimum atomic E-state index is -1.60. The lowest BCUT2D eigenvalue weighted by molar-refractivity contribution is 0.426. The monoisotopic (exact) mass is 416 g/mol. The van der Waals surface area contributed by atoms with Gasteiger partial charge in [0.15, 0.2) is 0 Å². The molecule has 4 aromatic carbocycles. The van der Waals surface area contributed by atoms with Crippen LogP contribution in [-0.4, -0.2) is 26.7 Å². The molecule has 5 rings (SSSR count). The van der Waals surface area contributed by atoms with Gasteiger partial charge in [-0.2, -0.15) is 0 Å². The van der Waals surface area contributed by atoms with Crippen molar-refractivity contribution in [1.29, 1.82) is 0 Å². The molecule has 0 radical (unpaired) electrons. The van der Waals surface area contributed by atoms with Crippen molar-refractivity contribution in [2.45, 2.75) is 0 Å². The van der Waals surface area contributed by atoms with Gasteiger partial charge in [-0.25, -0.2) is 4.98 Å². The van der Waals surface area contributed by atoms with Gasteiger partial charge in [0.2, 0.25) is 0 Å². The Bertz CT molecular complexity index is 1330. The molecule has 154 valence electrons. The maximum absolute atomic E-state index is 10.1. The first kappa shape index (κ1) is 20.0. The van der Waals surface area contributed by atoms with E-state index < -0.39 is 7.12 Å². The van der Waals surface area contributed by atoms with E-state index >= 15 is 0 Å². The third-order valence-corrected chi connectivity index (χ3v) is 5.47. The molecule has 0 aliphatic carbocycles. The van der Waals surface area contributed by atoms with Crippen LogP contribution in [0.3, 0.4) is 0 Å². The van der Waals surface area contributed by atoms with E-state index in [-0.39, 0.29) is 0 Å². The van der Waals surface area contributed by atoms with Gasteiger partial charge in [-0.3, -0.25) is 4.57 Å². The molecule has 4 nitrogen and oxygen atoms in total. The van der Waals surface area contributed by atoms with Crippen LogP contribution < -0.4 is 5.46 Å². The Kier molecular flexibility index (Phi) is 5.42. The fourth-order valence-corrected chi connectivity index (χ4v) is 4.01. The van der Waals surface area contributed by atoms with Crippen molar-refractivity contribution in [3.8, 4) is 39.6 Å². The SMILES string of the molecule is OB(O)c1ccccc1-c1nc(-c2ccccc2)c(-c2ccccc2)n1-c1ccccc1. The maximum Gasteiger partial charge on any atom is 0.489 e. The summed E-state index contributed by atoms with van der Waals surface area (Å²) < 4.78 is 2.10. The number of hydrogen-bond donors (Lipinski definition) is 2. The summed E-state index contributed by atoms with van der Waals surface area (Å²) in [6, 6.07) is 37.5. The van der Waals surface area contributed by atoms with Gasteiger partial charge in [0.1, 0.15) is 5.82 Å². The Balaban J connectivity index is 1.91. The van der Waals surface area contributed by atoms with E-state index in [1.165, 1.54) is 0 Å². The number of nitrogens with zero attached hydrogens (tertiary/aromatic N) is 2. The largest absolute Gasteiger partial charge is 0.489 e. The van der Waals surface area contributed by atoms with Crippen molar-refractivity contribution in [2.75, 3.05) is 0 Å². The highest BCUT2D eigenvalue weighted by atomic mass is 16.4. The first-order valence-electron chi connectivity index (χ1n) is 10.5. The summed E-state index contributed by atoms with van der Waals surface area (Å²) in [4.78, 5) is 5.09. The lowest BCUT2D eigenvalue weighted by Gasteiger charge is -2.15. The summed E-state index contributed by atoms with van der Waals surface area (Å²) in [5, 5.41) is 20.1. The average molecular weight is 416 g/mol. The van der Waals surface area contributed by atoms with Gasteiger partial charge in [-0.05, 0) is 17.6 Å². The first-order chi connectivity index (χ1) is 15.7. The minimum absolute atomic E-state index is 0.411. The van der Waals surface area contributed by atoms with Gasteiger partial charge in [0, 0.05) is 22.4 Å². The lowest BCUT2D eigenvalue weighted by Crippen LogP contribution is -2.32. The lowest BCUT2D eigenvalue weighted by atomic mass is 9.77. The smallest absolute Gasteiger partial charge is 0.423 e. The number of benzene rings is 4. The van der Waals surface area contributed by atoms with E-state index in [2.05, 4.69) is 16.7 Å². The third kappa shape index (κ3) is 3.64. The van der Waals surface area contributed by atoms with Crippen molar-refractivity contribution in [1.82, 2.24) is 9.55 Å². The van der Waals surface area contributed by atoms with Crippen molar-refractivity contribution in [3.05, 3.63) is 115 Å². The van der Waals surface area contributed by atoms with Gasteiger partial charge >= 0.3 is 7.12 Å². The molecule has 0 atom stereocenters. The van der Waals surface area contributed by atoms with E-state index in [4.69, 9.17) is 4.98 Å². The van der Waals surface area contributed by atoms with Gasteiger partial charge in [-0.1, -0.05) is 103 Å². The van der Waals surface area contributed by atoms with Gasteiger partial charge in [0.05, 0.1) is 11.4 Å². The predicted octanol–water partition coefficient (Wildman–Crippen LogP) is 4.55. The van der Waals surface area contributed by atoms with Crippen molar-refractivity contribution in [2.24, 2.45) is 0 Å². The molecule has 0 bridgehead atoms. The summed E-state index contributed by atoms with van der Waals surface area (Å²) in [7, 11) is -1.60. The van der Waals surface area contributed by atoms with Gasteiger partial charge < -0.3 is 10.0 Å². The van der Waals surface area contributed by atoms with Crippen LogP contribution in [0.15, 0.2) is 115 Å². The molecular weight excluding hydrogens is 395 g/mol. The van der Waals surface area contributed by atoms with E-state index in [1.807, 2.05) is 91.0 Å². The first-order valence-corrected chi connectivity index (χ1v) is 10.5. The number of rotatable bonds is 5. The number of para-hydroxylation sites is 1. The molecular formula is C27H21BN2O2. The van der Waals surface area contributed by atoms with Crippen LogP contribution in [0, 0.1) is 0 Å². The second kappa shape index (κ2) is 8.67. The number of hydrogen-bond acceptors (Lipinski definition) is 3. The van der Waals surface area contributed by atoms with Crippen molar-refractivity contribution >= 4 is 12.6 Å². The van der Waals surface area contributed by atoms with Crippen LogP contribution >= 0.6 is 0 Å². The molecule has 0 fully saturated rings. The molecule has 0 aliphatic rings. The highest BCUT2D eigenvalue weighted by Crippen LogP contribution is 2.38. The molecule has 0 saturated carbocycles. The van der Waals surface area contributed by atoms with E-state index in [0.717, 1.165) is 28.2 Å². The van der Waals surface area contributed by atoms with Crippen LogP contribution in [0.4, 0.5) is 0 Å². The predicted molar refractivity (Wildman–Crippen MR) is 130 cm³/mol. The molecule has 0 aliphatic heterocycles. The zero-order valence-corrected chi connectivity index (χ0v) is 17.3. The topological polar surface area (TPSA) is 58.3 Å². The van der Waals surface area contributed by atoms with E-state index in [0.29, 0.717) is 16.9 Å². The Labute approximate surface area is 187 Å². The van der Waals surface area contributed by atoms with Crippen LogP contribution in [0.1, 0.15) is 0 Å². The standard InChI is InChI=1S/C27H21BN2O2/c31-28(32)24-19-11-10-18-23(24)27-29-25(20-12-4-1-5-13-20)26(21-14-6-2-7-15-21)30(27)22-16-8-3-9-17-22/h1-19,31-32H. The number of aromatic nitrogens is 2. The molecule has 2 N–H and O–H groups in total. The quantitative estimate of drug-likeness (QED) is 0.413. The summed E-state index contributed by atoms with van der Waals surface area (Å²) in [6.07, 6.45) is 0. The molecule has 0 unspecified atom stereocenters. The molecule has 1 heterocycles. The second-order valence-electron chi connectivity index (χ2n) is 7.50. The summed E-state index contributed by atoms with van der Waals surface area (Å²) in [5.74, 6) is 0.651. The zero-order chi connectivity index (χ0) is 21.9. The number of imidazole rings is 1. The van der Waals surface area contributed by atoms with Crippen LogP contribution in [0.2, 0.25) is 0 Å². The molecule has 5 aromatic rings. The molecule has 0 saturated heterocycles. The molecule has 0 amide bonds. The minimum Gasteiger partial charge on any atom is -0.423 e. The van der Waals surface area contributed by atoms with Gasteiger partial charge in [0.25, 0.3) is 0 Å². The molecule has 5 heteroatoms. The van der Waals surface area contributed by atoms with Gasteiger partial charge in [-0.15, -0.1) is 0 Å². The Morgan fingerprint density at radius 1 is 0.594 bits per heavy atom. The fourth-order valence-electron chi connectivity index (χ4n) is 4.01. The molecule has 0 spiro atoms. The maximum atomic E-state index is 10.1. The van der Waals surface area contributed by atoms with Crippen LogP contribution in [0.25, 0.3) is 39.6 Å². The van der Waals surface area contributed by atoms with E-state index in [9.17, 15) is 10.0 Å².